The first-order chi connectivity index (χ1) is 13.1. The average Bonchev–Trinajstić information content (AvgIpc) is 2.69. The molecule has 2 heterocycles. The van der Waals surface area contributed by atoms with Crippen molar-refractivity contribution in [2.24, 2.45) is 0 Å². The minimum atomic E-state index is -0.621. The average molecular weight is 369 g/mol. The third-order valence-electron chi connectivity index (χ3n) is 3.48. The van der Waals surface area contributed by atoms with Crippen molar-refractivity contribution < 1.29 is 19.1 Å². The first-order valence-electron chi connectivity index (χ1n) is 7.68. The van der Waals surface area contributed by atoms with Crippen molar-refractivity contribution in [3.05, 3.63) is 59.2 Å². The van der Waals surface area contributed by atoms with Crippen LogP contribution in [-0.2, 0) is 0 Å². The molecule has 3 rings (SSSR count). The van der Waals surface area contributed by atoms with Gasteiger partial charge in [-0.2, -0.15) is 4.98 Å². The van der Waals surface area contributed by atoms with Crippen LogP contribution in [0.2, 0.25) is 0 Å². The van der Waals surface area contributed by atoms with Gasteiger partial charge in [-0.3, -0.25) is 15.1 Å². The molecule has 2 aromatic heterocycles. The molecule has 1 N–H and O–H groups in total. The van der Waals surface area contributed by atoms with Crippen LogP contribution in [0.3, 0.4) is 0 Å². The Bertz CT molecular complexity index is 952. The Labute approximate surface area is 153 Å². The first kappa shape index (κ1) is 17.9. The molecular weight excluding hydrogens is 354 g/mol. The molecule has 3 aromatic rings. The molecule has 10 heteroatoms. The van der Waals surface area contributed by atoms with Crippen LogP contribution in [0.1, 0.15) is 0 Å². The summed E-state index contributed by atoms with van der Waals surface area (Å²) in [4.78, 5) is 22.7. The molecule has 0 amide bonds. The van der Waals surface area contributed by atoms with E-state index in [1.54, 1.807) is 36.5 Å². The number of benzene rings is 1. The van der Waals surface area contributed by atoms with Crippen LogP contribution >= 0.6 is 0 Å². The standard InChI is InChI=1S/C17H15N5O5/c1-25-11-5-6-13(14(8-11)26-2)21-16-15(22(23)24)17(20-10-19-16)27-12-4-3-7-18-9-12/h3-10H,1-2H3,(H,19,20,21). The van der Waals surface area contributed by atoms with Crippen LogP contribution in [0.5, 0.6) is 23.1 Å². The Balaban J connectivity index is 1.99. The highest BCUT2D eigenvalue weighted by Crippen LogP contribution is 2.38. The van der Waals surface area contributed by atoms with E-state index in [1.807, 2.05) is 0 Å². The fraction of sp³-hybridized carbons (Fsp3) is 0.118. The normalized spacial score (nSPS) is 10.1. The van der Waals surface area contributed by atoms with Gasteiger partial charge >= 0.3 is 11.6 Å². The number of methoxy groups -OCH3 is 2. The summed E-state index contributed by atoms with van der Waals surface area (Å²) in [5.74, 6) is 1.06. The Hall–Kier alpha value is -3.95. The van der Waals surface area contributed by atoms with Gasteiger partial charge in [-0.1, -0.05) is 0 Å². The van der Waals surface area contributed by atoms with Crippen molar-refractivity contribution in [3.8, 4) is 23.1 Å². The number of nitrogens with zero attached hydrogens (tertiary/aromatic N) is 4. The molecule has 0 radical (unpaired) electrons. The van der Waals surface area contributed by atoms with Gasteiger partial charge in [0.2, 0.25) is 5.82 Å². The maximum atomic E-state index is 11.6. The van der Waals surface area contributed by atoms with Crippen LogP contribution in [0.15, 0.2) is 49.1 Å². The summed E-state index contributed by atoms with van der Waals surface area (Å²) >= 11 is 0. The van der Waals surface area contributed by atoms with Gasteiger partial charge in [0.05, 0.1) is 31.0 Å². The Morgan fingerprint density at radius 3 is 2.63 bits per heavy atom. The highest BCUT2D eigenvalue weighted by Gasteiger charge is 2.26. The van der Waals surface area contributed by atoms with E-state index in [1.165, 1.54) is 20.4 Å². The predicted octanol–water partition coefficient (Wildman–Crippen LogP) is 3.33. The highest BCUT2D eigenvalue weighted by atomic mass is 16.6. The number of ether oxygens (including phenoxy) is 3. The van der Waals surface area contributed by atoms with E-state index in [-0.39, 0.29) is 11.7 Å². The van der Waals surface area contributed by atoms with Gasteiger partial charge in [0.25, 0.3) is 0 Å². The van der Waals surface area contributed by atoms with Crippen molar-refractivity contribution in [3.63, 3.8) is 0 Å². The summed E-state index contributed by atoms with van der Waals surface area (Å²) < 4.78 is 15.9. The monoisotopic (exact) mass is 369 g/mol. The third kappa shape index (κ3) is 4.00. The van der Waals surface area contributed by atoms with Crippen LogP contribution < -0.4 is 19.5 Å². The minimum absolute atomic E-state index is 0.0441. The van der Waals surface area contributed by atoms with Crippen LogP contribution in [-0.4, -0.2) is 34.1 Å². The fourth-order valence-corrected chi connectivity index (χ4v) is 2.24. The first-order valence-corrected chi connectivity index (χ1v) is 7.68. The van der Waals surface area contributed by atoms with Crippen molar-refractivity contribution in [1.82, 2.24) is 15.0 Å². The largest absolute Gasteiger partial charge is 0.497 e. The van der Waals surface area contributed by atoms with E-state index in [4.69, 9.17) is 14.2 Å². The van der Waals surface area contributed by atoms with E-state index in [0.29, 0.717) is 22.9 Å². The van der Waals surface area contributed by atoms with Crippen LogP contribution in [0.25, 0.3) is 0 Å². The number of hydrogen-bond donors (Lipinski definition) is 1. The van der Waals surface area contributed by atoms with Gasteiger partial charge in [-0.15, -0.1) is 0 Å². The van der Waals surface area contributed by atoms with E-state index in [0.717, 1.165) is 6.33 Å². The second kappa shape index (κ2) is 7.95. The molecule has 10 nitrogen and oxygen atoms in total. The molecule has 0 bridgehead atoms. The van der Waals surface area contributed by atoms with Gasteiger partial charge < -0.3 is 19.5 Å². The van der Waals surface area contributed by atoms with E-state index in [2.05, 4.69) is 20.3 Å². The Kier molecular flexibility index (Phi) is 5.26. The maximum Gasteiger partial charge on any atom is 0.373 e. The van der Waals surface area contributed by atoms with Crippen LogP contribution in [0.4, 0.5) is 17.2 Å². The molecular formula is C17H15N5O5. The van der Waals surface area contributed by atoms with Crippen LogP contribution in [0, 0.1) is 10.1 Å². The number of hydrogen-bond acceptors (Lipinski definition) is 9. The summed E-state index contributed by atoms with van der Waals surface area (Å²) in [5, 5.41) is 14.5. The summed E-state index contributed by atoms with van der Waals surface area (Å²) in [6.45, 7) is 0. The van der Waals surface area contributed by atoms with Gasteiger partial charge in [0.15, 0.2) is 0 Å². The van der Waals surface area contributed by atoms with Crippen molar-refractivity contribution in [2.75, 3.05) is 19.5 Å². The number of rotatable bonds is 7. The second-order valence-corrected chi connectivity index (χ2v) is 5.12. The maximum absolute atomic E-state index is 11.6. The molecule has 0 aliphatic heterocycles. The third-order valence-corrected chi connectivity index (χ3v) is 3.48. The molecule has 0 aliphatic carbocycles. The zero-order valence-corrected chi connectivity index (χ0v) is 14.4. The molecule has 27 heavy (non-hydrogen) atoms. The molecule has 0 spiro atoms. The summed E-state index contributed by atoms with van der Waals surface area (Å²) in [7, 11) is 3.00. The summed E-state index contributed by atoms with van der Waals surface area (Å²) in [6.07, 6.45) is 4.15. The van der Waals surface area contributed by atoms with E-state index in [9.17, 15) is 10.1 Å². The Morgan fingerprint density at radius 1 is 1.11 bits per heavy atom. The van der Waals surface area contributed by atoms with Gasteiger partial charge in [0.1, 0.15) is 23.6 Å². The van der Waals surface area contributed by atoms with E-state index >= 15 is 0 Å². The molecule has 1 aromatic carbocycles. The number of pyridine rings is 1. The Morgan fingerprint density at radius 2 is 1.96 bits per heavy atom. The highest BCUT2D eigenvalue weighted by molar-refractivity contribution is 5.72. The summed E-state index contributed by atoms with van der Waals surface area (Å²) in [6, 6.07) is 8.24. The molecule has 0 aliphatic rings. The second-order valence-electron chi connectivity index (χ2n) is 5.12. The fourth-order valence-electron chi connectivity index (χ4n) is 2.24. The number of aromatic nitrogens is 3. The van der Waals surface area contributed by atoms with Crippen molar-refractivity contribution in [1.29, 1.82) is 0 Å². The number of nitrogens with one attached hydrogen (secondary N) is 1. The zero-order valence-electron chi connectivity index (χ0n) is 14.4. The van der Waals surface area contributed by atoms with Crippen molar-refractivity contribution in [2.45, 2.75) is 0 Å². The van der Waals surface area contributed by atoms with Gasteiger partial charge in [-0.25, -0.2) is 4.98 Å². The predicted molar refractivity (Wildman–Crippen MR) is 95.8 cm³/mol. The topological polar surface area (TPSA) is 122 Å². The quantitative estimate of drug-likeness (QED) is 0.493. The number of nitro groups is 1. The SMILES string of the molecule is COc1ccc(Nc2ncnc(Oc3cccnc3)c2[N+](=O)[O-])c(OC)c1. The van der Waals surface area contributed by atoms with Crippen molar-refractivity contribution >= 4 is 17.2 Å². The minimum Gasteiger partial charge on any atom is -0.497 e. The lowest BCUT2D eigenvalue weighted by molar-refractivity contribution is -0.385. The molecule has 138 valence electrons. The molecule has 0 unspecified atom stereocenters. The van der Waals surface area contributed by atoms with Gasteiger partial charge in [-0.05, 0) is 24.3 Å². The van der Waals surface area contributed by atoms with Gasteiger partial charge in [0, 0.05) is 12.3 Å². The molecule has 0 saturated heterocycles. The number of anilines is 2. The lowest BCUT2D eigenvalue weighted by Crippen LogP contribution is -2.04. The summed E-state index contributed by atoms with van der Waals surface area (Å²) in [5.41, 5.74) is 0.0478. The molecule has 0 fully saturated rings. The van der Waals surface area contributed by atoms with E-state index < -0.39 is 10.6 Å². The zero-order chi connectivity index (χ0) is 19.2. The smallest absolute Gasteiger partial charge is 0.373 e. The molecule has 0 saturated carbocycles. The lowest BCUT2D eigenvalue weighted by atomic mass is 10.2. The molecule has 0 atom stereocenters. The lowest BCUT2D eigenvalue weighted by Gasteiger charge is -2.13.